The topological polar surface area (TPSA) is 55.6 Å². The van der Waals surface area contributed by atoms with Crippen molar-refractivity contribution in [3.8, 4) is 0 Å². The number of ether oxygens (including phenoxy) is 1. The van der Waals surface area contributed by atoms with E-state index in [0.717, 1.165) is 12.8 Å². The zero-order valence-corrected chi connectivity index (χ0v) is 15.0. The maximum atomic E-state index is 12.2. The zero-order valence-electron chi connectivity index (χ0n) is 15.0. The third-order valence-corrected chi connectivity index (χ3v) is 7.40. The van der Waals surface area contributed by atoms with Crippen molar-refractivity contribution in [1.82, 2.24) is 4.90 Å². The molecule has 0 spiro atoms. The molecule has 0 aromatic rings. The fourth-order valence-electron chi connectivity index (χ4n) is 5.89. The molecule has 2 saturated heterocycles. The maximum Gasteiger partial charge on any atom is 0.309 e. The van der Waals surface area contributed by atoms with Gasteiger partial charge in [0, 0.05) is 23.4 Å². The predicted molar refractivity (Wildman–Crippen MR) is 94.3 cm³/mol. The molecule has 0 radical (unpaired) electrons. The van der Waals surface area contributed by atoms with Gasteiger partial charge in [0.2, 0.25) is 0 Å². The number of nitrogens with two attached hydrogens (primary N) is 1. The Hall–Kier alpha value is -0.870. The Balaban J connectivity index is 1.60. The van der Waals surface area contributed by atoms with Crippen LogP contribution < -0.4 is 5.73 Å². The molecule has 2 unspecified atom stereocenters. The largest absolute Gasteiger partial charge is 0.465 e. The number of piperidine rings is 1. The first-order valence-electron chi connectivity index (χ1n) is 9.93. The molecular formula is C20H32N2O2. The van der Waals surface area contributed by atoms with Gasteiger partial charge in [-0.25, -0.2) is 0 Å². The molecule has 0 aromatic heterocycles. The van der Waals surface area contributed by atoms with Gasteiger partial charge in [-0.1, -0.05) is 31.4 Å². The molecule has 4 nitrogen and oxygen atoms in total. The number of carbonyl (C=O) groups excluding carboxylic acids is 1. The Kier molecular flexibility index (Phi) is 4.46. The summed E-state index contributed by atoms with van der Waals surface area (Å²) in [7, 11) is 2.22. The van der Waals surface area contributed by atoms with Gasteiger partial charge in [0.25, 0.3) is 0 Å². The van der Waals surface area contributed by atoms with E-state index in [2.05, 4.69) is 24.1 Å². The van der Waals surface area contributed by atoms with Gasteiger partial charge < -0.3 is 10.5 Å². The minimum absolute atomic E-state index is 0.0285. The number of esters is 1. The van der Waals surface area contributed by atoms with Crippen molar-refractivity contribution in [3.05, 3.63) is 12.2 Å². The van der Waals surface area contributed by atoms with Crippen molar-refractivity contribution in [2.45, 2.75) is 62.9 Å². The monoisotopic (exact) mass is 332 g/mol. The van der Waals surface area contributed by atoms with Crippen LogP contribution in [0.15, 0.2) is 12.2 Å². The predicted octanol–water partition coefficient (Wildman–Crippen LogP) is 2.72. The fourth-order valence-corrected chi connectivity index (χ4v) is 5.89. The first-order chi connectivity index (χ1) is 11.6. The van der Waals surface area contributed by atoms with Gasteiger partial charge in [0.05, 0.1) is 12.5 Å². The molecule has 0 amide bonds. The maximum absolute atomic E-state index is 12.2. The average Bonchev–Trinajstić information content (AvgIpc) is 2.93. The second-order valence-electron chi connectivity index (χ2n) is 8.65. The van der Waals surface area contributed by atoms with E-state index in [-0.39, 0.29) is 17.4 Å². The molecule has 4 fully saturated rings. The van der Waals surface area contributed by atoms with Crippen molar-refractivity contribution in [2.24, 2.45) is 29.4 Å². The lowest BCUT2D eigenvalue weighted by atomic mass is 9.54. The SMILES string of the molecule is CN1CCCCC1/C=C/[C@H]1[C@H]2COC(=O)[C@H]2CC2CCCC[C@@]21N. The summed E-state index contributed by atoms with van der Waals surface area (Å²) in [5, 5.41) is 0. The molecule has 4 rings (SSSR count). The minimum atomic E-state index is -0.128. The van der Waals surface area contributed by atoms with Crippen LogP contribution in [-0.2, 0) is 9.53 Å². The molecule has 24 heavy (non-hydrogen) atoms. The smallest absolute Gasteiger partial charge is 0.309 e. The number of hydrogen-bond donors (Lipinski definition) is 1. The molecule has 0 aromatic carbocycles. The Bertz CT molecular complexity index is 520. The second kappa shape index (κ2) is 6.45. The molecule has 0 bridgehead atoms. The molecule has 4 heteroatoms. The summed E-state index contributed by atoms with van der Waals surface area (Å²) in [6.45, 7) is 1.76. The molecule has 2 aliphatic heterocycles. The third kappa shape index (κ3) is 2.72. The quantitative estimate of drug-likeness (QED) is 0.624. The fraction of sp³-hybridized carbons (Fsp3) is 0.850. The summed E-state index contributed by atoms with van der Waals surface area (Å²) >= 11 is 0. The van der Waals surface area contributed by atoms with Crippen LogP contribution in [0.5, 0.6) is 0 Å². The van der Waals surface area contributed by atoms with Gasteiger partial charge in [-0.05, 0) is 51.6 Å². The summed E-state index contributed by atoms with van der Waals surface area (Å²) in [6.07, 6.45) is 14.4. The van der Waals surface area contributed by atoms with Gasteiger partial charge in [0.1, 0.15) is 0 Å². The van der Waals surface area contributed by atoms with E-state index >= 15 is 0 Å². The van der Waals surface area contributed by atoms with E-state index in [4.69, 9.17) is 10.5 Å². The number of likely N-dealkylation sites (tertiary alicyclic amines) is 1. The highest BCUT2D eigenvalue weighted by Gasteiger charge is 2.56. The van der Waals surface area contributed by atoms with Gasteiger partial charge in [-0.3, -0.25) is 9.69 Å². The molecule has 2 heterocycles. The van der Waals surface area contributed by atoms with Gasteiger partial charge in [0.15, 0.2) is 0 Å². The highest BCUT2D eigenvalue weighted by molar-refractivity contribution is 5.75. The van der Waals surface area contributed by atoms with E-state index in [0.29, 0.717) is 30.4 Å². The van der Waals surface area contributed by atoms with Crippen LogP contribution >= 0.6 is 0 Å². The normalized spacial score (nSPS) is 46.6. The molecule has 134 valence electrons. The number of hydrogen-bond acceptors (Lipinski definition) is 4. The van der Waals surface area contributed by atoms with Gasteiger partial charge in [-0.2, -0.15) is 0 Å². The van der Waals surface area contributed by atoms with E-state index in [1.807, 2.05) is 0 Å². The first-order valence-corrected chi connectivity index (χ1v) is 9.93. The molecule has 4 aliphatic rings. The zero-order chi connectivity index (χ0) is 16.7. The Morgan fingerprint density at radius 1 is 1.21 bits per heavy atom. The Morgan fingerprint density at radius 2 is 2.04 bits per heavy atom. The van der Waals surface area contributed by atoms with Gasteiger partial charge in [-0.15, -0.1) is 0 Å². The Labute approximate surface area is 145 Å². The molecule has 2 saturated carbocycles. The van der Waals surface area contributed by atoms with Crippen LogP contribution in [0.25, 0.3) is 0 Å². The van der Waals surface area contributed by atoms with Crippen LogP contribution in [0.4, 0.5) is 0 Å². The van der Waals surface area contributed by atoms with Crippen LogP contribution in [0.1, 0.15) is 51.4 Å². The lowest BCUT2D eigenvalue weighted by molar-refractivity contribution is -0.142. The lowest BCUT2D eigenvalue weighted by Gasteiger charge is -2.52. The van der Waals surface area contributed by atoms with E-state index in [1.54, 1.807) is 0 Å². The van der Waals surface area contributed by atoms with Gasteiger partial charge >= 0.3 is 5.97 Å². The average molecular weight is 332 g/mol. The van der Waals surface area contributed by atoms with Crippen molar-refractivity contribution in [1.29, 1.82) is 0 Å². The molecular weight excluding hydrogens is 300 g/mol. The highest BCUT2D eigenvalue weighted by Crippen LogP contribution is 2.52. The number of cyclic esters (lactones) is 1. The van der Waals surface area contributed by atoms with Crippen LogP contribution in [0.2, 0.25) is 0 Å². The van der Waals surface area contributed by atoms with Crippen molar-refractivity contribution in [3.63, 3.8) is 0 Å². The number of likely N-dealkylation sites (N-methyl/N-ethyl adjacent to an activating group) is 1. The summed E-state index contributed by atoms with van der Waals surface area (Å²) in [4.78, 5) is 14.7. The van der Waals surface area contributed by atoms with Crippen molar-refractivity contribution >= 4 is 5.97 Å². The number of fused-ring (bicyclic) bond motifs is 2. The summed E-state index contributed by atoms with van der Waals surface area (Å²) in [5.41, 5.74) is 6.90. The summed E-state index contributed by atoms with van der Waals surface area (Å²) in [5.74, 6) is 1.19. The van der Waals surface area contributed by atoms with Crippen LogP contribution in [0.3, 0.4) is 0 Å². The van der Waals surface area contributed by atoms with E-state index in [9.17, 15) is 4.79 Å². The Morgan fingerprint density at radius 3 is 2.88 bits per heavy atom. The van der Waals surface area contributed by atoms with E-state index < -0.39 is 0 Å². The molecule has 2 aliphatic carbocycles. The standard InChI is InChI=1S/C20H32N2O2/c1-22-11-5-3-7-15(22)8-9-18-17-13-24-19(23)16(17)12-14-6-2-4-10-20(14,18)21/h8-9,14-18H,2-7,10-13,21H2,1H3/b9-8+/t14?,15?,16-,17-,18-,20+/m0/s1. The van der Waals surface area contributed by atoms with E-state index in [1.165, 1.54) is 45.1 Å². The minimum Gasteiger partial charge on any atom is -0.465 e. The highest BCUT2D eigenvalue weighted by atomic mass is 16.5. The van der Waals surface area contributed by atoms with Crippen LogP contribution in [-0.4, -0.2) is 42.6 Å². The number of rotatable bonds is 2. The van der Waals surface area contributed by atoms with Crippen molar-refractivity contribution in [2.75, 3.05) is 20.2 Å². The first kappa shape index (κ1) is 16.6. The summed E-state index contributed by atoms with van der Waals surface area (Å²) in [6, 6.07) is 0.530. The number of carbonyl (C=O) groups is 1. The van der Waals surface area contributed by atoms with Crippen molar-refractivity contribution < 1.29 is 9.53 Å². The third-order valence-electron chi connectivity index (χ3n) is 7.40. The molecule has 2 N–H and O–H groups in total. The molecule has 6 atom stereocenters. The lowest BCUT2D eigenvalue weighted by Crippen LogP contribution is -2.61. The summed E-state index contributed by atoms with van der Waals surface area (Å²) < 4.78 is 5.46. The second-order valence-corrected chi connectivity index (χ2v) is 8.65. The number of nitrogens with zero attached hydrogens (tertiary/aromatic N) is 1. The van der Waals surface area contributed by atoms with Crippen LogP contribution in [0, 0.1) is 23.7 Å².